The second kappa shape index (κ2) is 10.9. The lowest BCUT2D eigenvalue weighted by Crippen LogP contribution is -2.40. The number of fused-ring (bicyclic) bond motifs is 1. The average Bonchev–Trinajstić information content (AvgIpc) is 2.92. The number of aryl methyl sites for hydroxylation is 1. The van der Waals surface area contributed by atoms with Crippen LogP contribution in [0.2, 0.25) is 0 Å². The Hall–Kier alpha value is -4.45. The molecule has 1 N–H and O–H groups in total. The lowest BCUT2D eigenvalue weighted by molar-refractivity contribution is -0.122. The normalized spacial score (nSPS) is 15.3. The number of nitrogens with zero attached hydrogens (tertiary/aromatic N) is 1. The Kier molecular flexibility index (Phi) is 7.22. The number of carbonyl (C=O) groups excluding carboxylic acids is 2. The molecule has 1 aliphatic rings. The van der Waals surface area contributed by atoms with Gasteiger partial charge in [-0.1, -0.05) is 60.2 Å². The fourth-order valence-electron chi connectivity index (χ4n) is 4.90. The number of anilines is 1. The van der Waals surface area contributed by atoms with Crippen molar-refractivity contribution in [2.75, 3.05) is 11.9 Å². The standard InChI is InChI=1S/C32H29FN2O3/c1-21-8-6-11-25(18-21)30-29-20-28(38-22(2)31(36)34-27-13-7-12-26(33)19-27)15-14-23(29)16-17-35(30)32(37)24-9-4-3-5-10-24/h3-15,18-20,22,30H,16-17H2,1-2H3,(H,34,36)/t22-,30-/m1/s1. The summed E-state index contributed by atoms with van der Waals surface area (Å²) in [5.74, 6) is -0.318. The summed E-state index contributed by atoms with van der Waals surface area (Å²) in [6.07, 6.45) is -0.106. The van der Waals surface area contributed by atoms with Gasteiger partial charge in [-0.15, -0.1) is 0 Å². The molecule has 0 bridgehead atoms. The van der Waals surface area contributed by atoms with Gasteiger partial charge in [0.25, 0.3) is 11.8 Å². The number of hydrogen-bond acceptors (Lipinski definition) is 3. The molecule has 4 aromatic carbocycles. The Labute approximate surface area is 221 Å². The van der Waals surface area contributed by atoms with Crippen molar-refractivity contribution in [1.82, 2.24) is 4.90 Å². The van der Waals surface area contributed by atoms with Crippen LogP contribution in [0.25, 0.3) is 0 Å². The maximum atomic E-state index is 13.6. The van der Waals surface area contributed by atoms with Gasteiger partial charge in [0.2, 0.25) is 0 Å². The van der Waals surface area contributed by atoms with Gasteiger partial charge >= 0.3 is 0 Å². The molecule has 0 saturated carbocycles. The molecule has 0 aliphatic carbocycles. The maximum absolute atomic E-state index is 13.6. The van der Waals surface area contributed by atoms with Crippen LogP contribution in [0.1, 0.15) is 45.6 Å². The molecular weight excluding hydrogens is 479 g/mol. The summed E-state index contributed by atoms with van der Waals surface area (Å²) in [6, 6.07) is 28.7. The van der Waals surface area contributed by atoms with E-state index >= 15 is 0 Å². The SMILES string of the molecule is Cc1cccc([C@@H]2c3cc(O[C@H](C)C(=O)Nc4cccc(F)c4)ccc3CCN2C(=O)c2ccccc2)c1. The molecular formula is C32H29FN2O3. The first kappa shape index (κ1) is 25.2. The van der Waals surface area contributed by atoms with Crippen molar-refractivity contribution in [3.63, 3.8) is 0 Å². The minimum atomic E-state index is -0.820. The molecule has 0 unspecified atom stereocenters. The number of rotatable bonds is 6. The van der Waals surface area contributed by atoms with Crippen molar-refractivity contribution in [2.45, 2.75) is 32.4 Å². The highest BCUT2D eigenvalue weighted by Crippen LogP contribution is 2.38. The van der Waals surface area contributed by atoms with Crippen LogP contribution in [0.4, 0.5) is 10.1 Å². The van der Waals surface area contributed by atoms with Crippen molar-refractivity contribution >= 4 is 17.5 Å². The van der Waals surface area contributed by atoms with E-state index in [1.54, 1.807) is 13.0 Å². The minimum Gasteiger partial charge on any atom is -0.481 e. The fraction of sp³-hybridized carbons (Fsp3) is 0.188. The van der Waals surface area contributed by atoms with Crippen LogP contribution in [-0.2, 0) is 11.2 Å². The average molecular weight is 509 g/mol. The van der Waals surface area contributed by atoms with Crippen LogP contribution in [0.15, 0.2) is 97.1 Å². The number of amides is 2. The van der Waals surface area contributed by atoms with Crippen molar-refractivity contribution in [1.29, 1.82) is 0 Å². The Morgan fingerprint density at radius 3 is 2.50 bits per heavy atom. The van der Waals surface area contributed by atoms with Crippen molar-refractivity contribution in [3.05, 3.63) is 131 Å². The molecule has 4 aromatic rings. The molecule has 0 fully saturated rings. The van der Waals surface area contributed by atoms with Gasteiger partial charge in [0.15, 0.2) is 6.10 Å². The molecule has 0 spiro atoms. The van der Waals surface area contributed by atoms with Gasteiger partial charge < -0.3 is 15.0 Å². The molecule has 38 heavy (non-hydrogen) atoms. The predicted molar refractivity (Wildman–Crippen MR) is 146 cm³/mol. The number of ether oxygens (including phenoxy) is 1. The number of hydrogen-bond donors (Lipinski definition) is 1. The van der Waals surface area contributed by atoms with Gasteiger partial charge in [-0.3, -0.25) is 9.59 Å². The van der Waals surface area contributed by atoms with Crippen molar-refractivity contribution in [3.8, 4) is 5.75 Å². The van der Waals surface area contributed by atoms with Crippen LogP contribution in [-0.4, -0.2) is 29.4 Å². The second-order valence-corrected chi connectivity index (χ2v) is 9.55. The Morgan fingerprint density at radius 2 is 1.74 bits per heavy atom. The smallest absolute Gasteiger partial charge is 0.265 e. The number of nitrogens with one attached hydrogen (secondary N) is 1. The van der Waals surface area contributed by atoms with Gasteiger partial charge in [0.05, 0.1) is 6.04 Å². The van der Waals surface area contributed by atoms with Crippen LogP contribution in [0.5, 0.6) is 5.75 Å². The Balaban J connectivity index is 1.45. The zero-order chi connectivity index (χ0) is 26.6. The van der Waals surface area contributed by atoms with Crippen LogP contribution < -0.4 is 10.1 Å². The summed E-state index contributed by atoms with van der Waals surface area (Å²) in [7, 11) is 0. The van der Waals surface area contributed by atoms with E-state index in [-0.39, 0.29) is 17.9 Å². The van der Waals surface area contributed by atoms with E-state index in [1.165, 1.54) is 18.2 Å². The molecule has 2 amide bonds. The van der Waals surface area contributed by atoms with Crippen LogP contribution in [0, 0.1) is 12.7 Å². The summed E-state index contributed by atoms with van der Waals surface area (Å²) in [4.78, 5) is 28.3. The van der Waals surface area contributed by atoms with E-state index < -0.39 is 11.9 Å². The number of halogens is 1. The molecule has 5 nitrogen and oxygen atoms in total. The highest BCUT2D eigenvalue weighted by Gasteiger charge is 2.33. The zero-order valence-corrected chi connectivity index (χ0v) is 21.4. The third kappa shape index (κ3) is 5.44. The third-order valence-corrected chi connectivity index (χ3v) is 6.76. The van der Waals surface area contributed by atoms with E-state index in [1.807, 2.05) is 78.6 Å². The second-order valence-electron chi connectivity index (χ2n) is 9.55. The van der Waals surface area contributed by atoms with E-state index in [0.29, 0.717) is 30.0 Å². The molecule has 5 rings (SSSR count). The first-order valence-corrected chi connectivity index (χ1v) is 12.7. The van der Waals surface area contributed by atoms with Crippen LogP contribution in [0.3, 0.4) is 0 Å². The summed E-state index contributed by atoms with van der Waals surface area (Å²) in [5, 5.41) is 2.69. The first-order chi connectivity index (χ1) is 18.4. The number of benzene rings is 4. The highest BCUT2D eigenvalue weighted by atomic mass is 19.1. The van der Waals surface area contributed by atoms with Crippen molar-refractivity contribution < 1.29 is 18.7 Å². The molecule has 0 radical (unpaired) electrons. The summed E-state index contributed by atoms with van der Waals surface area (Å²) in [5.41, 5.74) is 5.24. The van der Waals surface area contributed by atoms with Crippen molar-refractivity contribution in [2.24, 2.45) is 0 Å². The topological polar surface area (TPSA) is 58.6 Å². The molecule has 0 aromatic heterocycles. The first-order valence-electron chi connectivity index (χ1n) is 12.7. The molecule has 192 valence electrons. The van der Waals surface area contributed by atoms with E-state index in [2.05, 4.69) is 11.4 Å². The summed E-state index contributed by atoms with van der Waals surface area (Å²) in [6.45, 7) is 4.28. The lowest BCUT2D eigenvalue weighted by atomic mass is 9.87. The van der Waals surface area contributed by atoms with Gasteiger partial charge in [-0.25, -0.2) is 4.39 Å². The fourth-order valence-corrected chi connectivity index (χ4v) is 4.90. The van der Waals surface area contributed by atoms with E-state index in [9.17, 15) is 14.0 Å². The minimum absolute atomic E-state index is 0.0306. The van der Waals surface area contributed by atoms with Gasteiger partial charge in [-0.05, 0) is 79.4 Å². The quantitative estimate of drug-likeness (QED) is 0.331. The molecule has 1 heterocycles. The van der Waals surface area contributed by atoms with Crippen LogP contribution >= 0.6 is 0 Å². The molecule has 0 saturated heterocycles. The van der Waals surface area contributed by atoms with Gasteiger partial charge in [0, 0.05) is 17.8 Å². The summed E-state index contributed by atoms with van der Waals surface area (Å²) >= 11 is 0. The van der Waals surface area contributed by atoms with E-state index in [4.69, 9.17) is 4.74 Å². The largest absolute Gasteiger partial charge is 0.481 e. The number of carbonyl (C=O) groups is 2. The molecule has 6 heteroatoms. The van der Waals surface area contributed by atoms with E-state index in [0.717, 1.165) is 22.3 Å². The third-order valence-electron chi connectivity index (χ3n) is 6.76. The highest BCUT2D eigenvalue weighted by molar-refractivity contribution is 5.95. The lowest BCUT2D eigenvalue weighted by Gasteiger charge is -2.38. The Morgan fingerprint density at radius 1 is 0.947 bits per heavy atom. The maximum Gasteiger partial charge on any atom is 0.265 e. The molecule has 1 aliphatic heterocycles. The molecule has 2 atom stereocenters. The van der Waals surface area contributed by atoms with Gasteiger partial charge in [0.1, 0.15) is 11.6 Å². The summed E-state index contributed by atoms with van der Waals surface area (Å²) < 4.78 is 19.5. The predicted octanol–water partition coefficient (Wildman–Crippen LogP) is 6.33. The monoisotopic (exact) mass is 508 g/mol. The Bertz CT molecular complexity index is 1470. The zero-order valence-electron chi connectivity index (χ0n) is 21.4. The van der Waals surface area contributed by atoms with Gasteiger partial charge in [-0.2, -0.15) is 0 Å².